The molecule has 25 heavy (non-hydrogen) atoms. The number of aromatic nitrogens is 4. The molecule has 0 amide bonds. The summed E-state index contributed by atoms with van der Waals surface area (Å²) in [7, 11) is 1.99. The lowest BCUT2D eigenvalue weighted by molar-refractivity contribution is 0.0885. The van der Waals surface area contributed by atoms with Crippen molar-refractivity contribution >= 4 is 0 Å². The molecule has 1 saturated heterocycles. The first-order valence-corrected chi connectivity index (χ1v) is 9.23. The SMILES string of the molecule is Cc1nn(C)c(C)c1[C@@H]1OCC[C@H]1CN[C@@H](C)c1nc(C2CC2)no1. The molecule has 0 bridgehead atoms. The quantitative estimate of drug-likeness (QED) is 0.867. The average molecular weight is 345 g/mol. The van der Waals surface area contributed by atoms with Gasteiger partial charge in [-0.05, 0) is 40.0 Å². The fourth-order valence-corrected chi connectivity index (χ4v) is 3.71. The van der Waals surface area contributed by atoms with Crippen molar-refractivity contribution in [2.45, 2.75) is 58.1 Å². The average Bonchev–Trinajstić information content (AvgIpc) is 3.03. The molecule has 3 atom stereocenters. The van der Waals surface area contributed by atoms with Crippen LogP contribution in [0.15, 0.2) is 4.52 Å². The molecule has 1 N–H and O–H groups in total. The molecular weight excluding hydrogens is 318 g/mol. The maximum absolute atomic E-state index is 6.06. The zero-order valence-electron chi connectivity index (χ0n) is 15.5. The van der Waals surface area contributed by atoms with E-state index in [0.717, 1.165) is 31.1 Å². The van der Waals surface area contributed by atoms with E-state index in [1.807, 2.05) is 11.7 Å². The van der Waals surface area contributed by atoms with Crippen LogP contribution in [0.25, 0.3) is 0 Å². The molecular formula is C18H27N5O2. The third-order valence-corrected chi connectivity index (χ3v) is 5.52. The Morgan fingerprint density at radius 3 is 2.76 bits per heavy atom. The summed E-state index contributed by atoms with van der Waals surface area (Å²) >= 11 is 0. The first-order chi connectivity index (χ1) is 12.0. The maximum Gasteiger partial charge on any atom is 0.243 e. The van der Waals surface area contributed by atoms with Gasteiger partial charge in [0.2, 0.25) is 5.89 Å². The Hall–Kier alpha value is -1.73. The highest BCUT2D eigenvalue weighted by Gasteiger charge is 2.34. The van der Waals surface area contributed by atoms with Crippen LogP contribution in [0.5, 0.6) is 0 Å². The minimum atomic E-state index is 0.0531. The van der Waals surface area contributed by atoms with Gasteiger partial charge in [-0.3, -0.25) is 4.68 Å². The summed E-state index contributed by atoms with van der Waals surface area (Å²) < 4.78 is 13.4. The van der Waals surface area contributed by atoms with E-state index in [0.29, 0.717) is 17.7 Å². The molecule has 7 heteroatoms. The summed E-state index contributed by atoms with van der Waals surface area (Å²) in [5, 5.41) is 12.2. The van der Waals surface area contributed by atoms with E-state index in [1.54, 1.807) is 0 Å². The molecule has 2 aromatic rings. The molecule has 4 rings (SSSR count). The first-order valence-electron chi connectivity index (χ1n) is 9.23. The highest BCUT2D eigenvalue weighted by molar-refractivity contribution is 5.28. The Bertz CT molecular complexity index is 749. The molecule has 1 aliphatic carbocycles. The number of aryl methyl sites for hydroxylation is 2. The van der Waals surface area contributed by atoms with Gasteiger partial charge in [0.25, 0.3) is 0 Å². The number of hydrogen-bond acceptors (Lipinski definition) is 6. The van der Waals surface area contributed by atoms with Crippen molar-refractivity contribution < 1.29 is 9.26 Å². The van der Waals surface area contributed by atoms with E-state index in [-0.39, 0.29) is 12.1 Å². The molecule has 3 heterocycles. The Morgan fingerprint density at radius 1 is 1.28 bits per heavy atom. The number of nitrogens with one attached hydrogen (secondary N) is 1. The third-order valence-electron chi connectivity index (χ3n) is 5.52. The van der Waals surface area contributed by atoms with Crippen LogP contribution in [0.3, 0.4) is 0 Å². The molecule has 0 spiro atoms. The first kappa shape index (κ1) is 16.7. The molecule has 0 unspecified atom stereocenters. The van der Waals surface area contributed by atoms with Gasteiger partial charge in [-0.2, -0.15) is 10.1 Å². The number of nitrogens with zero attached hydrogens (tertiary/aromatic N) is 4. The highest BCUT2D eigenvalue weighted by atomic mass is 16.5. The normalized spacial score (nSPS) is 24.8. The number of rotatable bonds is 6. The Kier molecular flexibility index (Phi) is 4.37. The maximum atomic E-state index is 6.06. The van der Waals surface area contributed by atoms with Crippen molar-refractivity contribution in [3.63, 3.8) is 0 Å². The molecule has 0 aromatic carbocycles. The van der Waals surface area contributed by atoms with Gasteiger partial charge in [-0.25, -0.2) is 0 Å². The van der Waals surface area contributed by atoms with Gasteiger partial charge in [0, 0.05) is 43.3 Å². The molecule has 1 aliphatic heterocycles. The van der Waals surface area contributed by atoms with Crippen LogP contribution >= 0.6 is 0 Å². The Balaban J connectivity index is 1.40. The largest absolute Gasteiger partial charge is 0.373 e. The molecule has 2 aliphatic rings. The van der Waals surface area contributed by atoms with Gasteiger partial charge in [0.1, 0.15) is 0 Å². The summed E-state index contributed by atoms with van der Waals surface area (Å²) in [6.45, 7) is 7.92. The summed E-state index contributed by atoms with van der Waals surface area (Å²) in [6, 6.07) is 0.0531. The van der Waals surface area contributed by atoms with Crippen molar-refractivity contribution in [1.82, 2.24) is 25.2 Å². The lowest BCUT2D eigenvalue weighted by atomic mass is 9.93. The molecule has 1 saturated carbocycles. The van der Waals surface area contributed by atoms with Crippen molar-refractivity contribution in [1.29, 1.82) is 0 Å². The van der Waals surface area contributed by atoms with E-state index < -0.39 is 0 Å². The minimum Gasteiger partial charge on any atom is -0.373 e. The second-order valence-corrected chi connectivity index (χ2v) is 7.44. The number of ether oxygens (including phenoxy) is 1. The van der Waals surface area contributed by atoms with E-state index in [9.17, 15) is 0 Å². The highest BCUT2D eigenvalue weighted by Crippen LogP contribution is 2.39. The number of hydrogen-bond donors (Lipinski definition) is 1. The van der Waals surface area contributed by atoms with Gasteiger partial charge >= 0.3 is 0 Å². The summed E-state index contributed by atoms with van der Waals surface area (Å²) in [6.07, 6.45) is 3.53. The summed E-state index contributed by atoms with van der Waals surface area (Å²) in [4.78, 5) is 4.54. The predicted octanol–water partition coefficient (Wildman–Crippen LogP) is 2.73. The van der Waals surface area contributed by atoms with Crippen molar-refractivity contribution in [3.05, 3.63) is 28.7 Å². The fourth-order valence-electron chi connectivity index (χ4n) is 3.71. The minimum absolute atomic E-state index is 0.0531. The van der Waals surface area contributed by atoms with Crippen LogP contribution in [-0.2, 0) is 11.8 Å². The van der Waals surface area contributed by atoms with Crippen LogP contribution < -0.4 is 5.32 Å². The van der Waals surface area contributed by atoms with Gasteiger partial charge in [-0.1, -0.05) is 5.16 Å². The predicted molar refractivity (Wildman–Crippen MR) is 92.2 cm³/mol. The van der Waals surface area contributed by atoms with E-state index in [4.69, 9.17) is 9.26 Å². The van der Waals surface area contributed by atoms with Crippen LogP contribution in [-0.4, -0.2) is 33.1 Å². The van der Waals surface area contributed by atoms with Crippen LogP contribution in [0.2, 0.25) is 0 Å². The lowest BCUT2D eigenvalue weighted by Gasteiger charge is -2.21. The standard InChI is InChI=1S/C18H27N5O2/c1-10-15(12(3)23(4)21-10)16-14(7-8-24-16)9-19-11(2)18-20-17(22-25-18)13-5-6-13/h11,13-14,16,19H,5-9H2,1-4H3/t11-,14-,16+/m0/s1. The summed E-state index contributed by atoms with van der Waals surface area (Å²) in [5.41, 5.74) is 3.50. The molecule has 7 nitrogen and oxygen atoms in total. The van der Waals surface area contributed by atoms with Crippen molar-refractivity contribution in [3.8, 4) is 0 Å². The smallest absolute Gasteiger partial charge is 0.243 e. The van der Waals surface area contributed by atoms with Crippen molar-refractivity contribution in [2.75, 3.05) is 13.2 Å². The summed E-state index contributed by atoms with van der Waals surface area (Å²) in [5.74, 6) is 2.50. The van der Waals surface area contributed by atoms with E-state index in [2.05, 4.69) is 41.3 Å². The third kappa shape index (κ3) is 3.22. The van der Waals surface area contributed by atoms with Crippen molar-refractivity contribution in [2.24, 2.45) is 13.0 Å². The fraction of sp³-hybridized carbons (Fsp3) is 0.722. The molecule has 2 fully saturated rings. The Labute approximate surface area is 148 Å². The van der Waals surface area contributed by atoms with Gasteiger partial charge < -0.3 is 14.6 Å². The van der Waals surface area contributed by atoms with Gasteiger partial charge in [0.15, 0.2) is 5.82 Å². The van der Waals surface area contributed by atoms with E-state index in [1.165, 1.54) is 24.1 Å². The van der Waals surface area contributed by atoms with Gasteiger partial charge in [0.05, 0.1) is 17.8 Å². The van der Waals surface area contributed by atoms with Crippen LogP contribution in [0, 0.1) is 19.8 Å². The van der Waals surface area contributed by atoms with Gasteiger partial charge in [-0.15, -0.1) is 0 Å². The van der Waals surface area contributed by atoms with Crippen LogP contribution in [0.1, 0.15) is 72.9 Å². The zero-order chi connectivity index (χ0) is 17.6. The second kappa shape index (κ2) is 6.53. The molecule has 2 aromatic heterocycles. The molecule has 0 radical (unpaired) electrons. The monoisotopic (exact) mass is 345 g/mol. The van der Waals surface area contributed by atoms with E-state index >= 15 is 0 Å². The zero-order valence-corrected chi connectivity index (χ0v) is 15.5. The Morgan fingerprint density at radius 2 is 2.08 bits per heavy atom. The van der Waals surface area contributed by atoms with Crippen LogP contribution in [0.4, 0.5) is 0 Å². The molecule has 136 valence electrons. The second-order valence-electron chi connectivity index (χ2n) is 7.44. The lowest BCUT2D eigenvalue weighted by Crippen LogP contribution is -2.28. The topological polar surface area (TPSA) is 78.0 Å².